The number of rotatable bonds is 5. The Morgan fingerprint density at radius 2 is 2.13 bits per heavy atom. The molecule has 0 saturated carbocycles. The monoisotopic (exact) mass is 422 g/mol. The number of nitrogens with zero attached hydrogens (tertiary/aromatic N) is 3. The third kappa shape index (κ3) is 3.84. The van der Waals surface area contributed by atoms with Crippen LogP contribution in [0.15, 0.2) is 56.5 Å². The first kappa shape index (κ1) is 19.8. The summed E-state index contributed by atoms with van der Waals surface area (Å²) in [5.41, 5.74) is 0.828. The van der Waals surface area contributed by atoms with Crippen molar-refractivity contribution in [2.75, 3.05) is 0 Å². The molecule has 4 rings (SSSR count). The molecular weight excluding hydrogens is 404 g/mol. The zero-order chi connectivity index (χ0) is 21.4. The molecule has 0 atom stereocenters. The Kier molecular flexibility index (Phi) is 5.13. The lowest BCUT2D eigenvalue weighted by molar-refractivity contribution is -0.114. The summed E-state index contributed by atoms with van der Waals surface area (Å²) in [5, 5.41) is 24.5. The molecule has 2 aliphatic rings. The number of thioether (sulfide) groups is 1. The summed E-state index contributed by atoms with van der Waals surface area (Å²) < 4.78 is 5.76. The Hall–Kier alpha value is -3.46. The standard InChI is InChI=1S/C21H18N4O4S/c1-11(2)8-17-24-25-18(22)15(19(26)23-21(25)30-17)10-14-6-7-16(29-14)12-4-3-5-13(9-12)20(27)28/h3-7,9-11,22H,8H2,1-2H3,(H,27,28)/b15-10+,22-18?. The van der Waals surface area contributed by atoms with Crippen LogP contribution < -0.4 is 0 Å². The fourth-order valence-corrected chi connectivity index (χ4v) is 4.09. The number of nitrogens with one attached hydrogen (secondary N) is 1. The van der Waals surface area contributed by atoms with Crippen LogP contribution in [0.1, 0.15) is 36.4 Å². The molecule has 1 aromatic carbocycles. The Morgan fingerprint density at radius 1 is 1.33 bits per heavy atom. The van der Waals surface area contributed by atoms with Crippen LogP contribution >= 0.6 is 11.8 Å². The van der Waals surface area contributed by atoms with Crippen molar-refractivity contribution in [1.29, 1.82) is 5.41 Å². The van der Waals surface area contributed by atoms with E-state index in [0.29, 0.717) is 28.2 Å². The highest BCUT2D eigenvalue weighted by atomic mass is 32.2. The van der Waals surface area contributed by atoms with Gasteiger partial charge in [0.2, 0.25) is 5.17 Å². The Balaban J connectivity index is 1.61. The Labute approximate surface area is 176 Å². The molecule has 3 heterocycles. The highest BCUT2D eigenvalue weighted by Crippen LogP contribution is 2.31. The maximum absolute atomic E-state index is 12.5. The van der Waals surface area contributed by atoms with Gasteiger partial charge in [0.1, 0.15) is 16.6 Å². The third-order valence-electron chi connectivity index (χ3n) is 4.39. The minimum atomic E-state index is -1.03. The van der Waals surface area contributed by atoms with E-state index in [1.807, 2.05) is 0 Å². The topological polar surface area (TPSA) is 119 Å². The highest BCUT2D eigenvalue weighted by Gasteiger charge is 2.35. The van der Waals surface area contributed by atoms with Crippen molar-refractivity contribution < 1.29 is 19.1 Å². The van der Waals surface area contributed by atoms with E-state index in [4.69, 9.17) is 14.9 Å². The lowest BCUT2D eigenvalue weighted by Gasteiger charge is -2.19. The summed E-state index contributed by atoms with van der Waals surface area (Å²) in [5.74, 6) is -0.387. The van der Waals surface area contributed by atoms with Gasteiger partial charge in [0.25, 0.3) is 5.91 Å². The number of furan rings is 1. The molecule has 152 valence electrons. The number of benzene rings is 1. The van der Waals surface area contributed by atoms with Crippen molar-refractivity contribution in [3.63, 3.8) is 0 Å². The van der Waals surface area contributed by atoms with Gasteiger partial charge in [0.15, 0.2) is 5.84 Å². The van der Waals surface area contributed by atoms with Crippen LogP contribution in [0.2, 0.25) is 0 Å². The summed E-state index contributed by atoms with van der Waals surface area (Å²) >= 11 is 1.31. The van der Waals surface area contributed by atoms with Crippen LogP contribution in [0.4, 0.5) is 0 Å². The van der Waals surface area contributed by atoms with Gasteiger partial charge in [-0.05, 0) is 48.0 Å². The minimum Gasteiger partial charge on any atom is -0.478 e. The number of hydrazone groups is 1. The van der Waals surface area contributed by atoms with Crippen LogP contribution in [0.3, 0.4) is 0 Å². The average molecular weight is 422 g/mol. The van der Waals surface area contributed by atoms with Gasteiger partial charge in [-0.15, -0.1) is 0 Å². The Morgan fingerprint density at radius 3 is 2.87 bits per heavy atom. The number of carboxylic acid groups (broad SMARTS) is 1. The summed E-state index contributed by atoms with van der Waals surface area (Å²) in [6.07, 6.45) is 2.20. The molecule has 0 aliphatic carbocycles. The maximum atomic E-state index is 12.5. The third-order valence-corrected chi connectivity index (χ3v) is 5.32. The lowest BCUT2D eigenvalue weighted by atomic mass is 10.1. The zero-order valence-corrected chi connectivity index (χ0v) is 17.1. The lowest BCUT2D eigenvalue weighted by Crippen LogP contribution is -2.35. The molecular formula is C21H18N4O4S. The van der Waals surface area contributed by atoms with E-state index in [9.17, 15) is 9.59 Å². The van der Waals surface area contributed by atoms with Crippen molar-refractivity contribution in [2.45, 2.75) is 20.3 Å². The normalized spacial score (nSPS) is 17.4. The Bertz CT molecular complexity index is 1160. The molecule has 2 N–H and O–H groups in total. The number of fused-ring (bicyclic) bond motifs is 1. The second-order valence-electron chi connectivity index (χ2n) is 7.20. The molecule has 2 aliphatic heterocycles. The smallest absolute Gasteiger partial charge is 0.335 e. The summed E-state index contributed by atoms with van der Waals surface area (Å²) in [6.45, 7) is 4.15. The van der Waals surface area contributed by atoms with Crippen LogP contribution in [0, 0.1) is 11.3 Å². The van der Waals surface area contributed by atoms with Gasteiger partial charge < -0.3 is 9.52 Å². The van der Waals surface area contributed by atoms with E-state index in [1.54, 1.807) is 24.3 Å². The number of aliphatic imine (C=N–C) groups is 1. The van der Waals surface area contributed by atoms with Gasteiger partial charge >= 0.3 is 5.97 Å². The largest absolute Gasteiger partial charge is 0.478 e. The van der Waals surface area contributed by atoms with Gasteiger partial charge in [0.05, 0.1) is 11.1 Å². The van der Waals surface area contributed by atoms with E-state index in [1.165, 1.54) is 35.0 Å². The van der Waals surface area contributed by atoms with Gasteiger partial charge in [-0.2, -0.15) is 15.1 Å². The van der Waals surface area contributed by atoms with Crippen molar-refractivity contribution in [1.82, 2.24) is 5.01 Å². The van der Waals surface area contributed by atoms with Crippen LogP contribution in [-0.4, -0.2) is 38.0 Å². The maximum Gasteiger partial charge on any atom is 0.335 e. The first-order valence-electron chi connectivity index (χ1n) is 9.24. The fraction of sp³-hybridized carbons (Fsp3) is 0.190. The second kappa shape index (κ2) is 7.75. The van der Waals surface area contributed by atoms with Crippen molar-refractivity contribution >= 4 is 45.8 Å². The molecule has 8 nitrogen and oxygen atoms in total. The molecule has 1 aromatic heterocycles. The molecule has 0 unspecified atom stereocenters. The number of amides is 1. The van der Waals surface area contributed by atoms with Crippen LogP contribution in [-0.2, 0) is 4.79 Å². The summed E-state index contributed by atoms with van der Waals surface area (Å²) in [7, 11) is 0. The van der Waals surface area contributed by atoms with E-state index < -0.39 is 11.9 Å². The number of amidine groups is 2. The van der Waals surface area contributed by atoms with Crippen LogP contribution in [0.5, 0.6) is 0 Å². The summed E-state index contributed by atoms with van der Waals surface area (Å²) in [4.78, 5) is 27.7. The van der Waals surface area contributed by atoms with Crippen molar-refractivity contribution in [3.8, 4) is 11.3 Å². The number of aromatic carboxylic acids is 1. The number of carbonyl (C=O) groups is 2. The van der Waals surface area contributed by atoms with E-state index in [-0.39, 0.29) is 17.0 Å². The first-order valence-corrected chi connectivity index (χ1v) is 10.1. The highest BCUT2D eigenvalue weighted by molar-refractivity contribution is 8.26. The number of hydrogen-bond donors (Lipinski definition) is 2. The number of carbonyl (C=O) groups excluding carboxylic acids is 1. The van der Waals surface area contributed by atoms with Crippen molar-refractivity contribution in [2.24, 2.45) is 16.0 Å². The zero-order valence-electron chi connectivity index (χ0n) is 16.2. The van der Waals surface area contributed by atoms with Crippen molar-refractivity contribution in [3.05, 3.63) is 53.3 Å². The predicted molar refractivity (Wildman–Crippen MR) is 116 cm³/mol. The molecule has 0 saturated heterocycles. The van der Waals surface area contributed by atoms with Gasteiger partial charge in [0, 0.05) is 12.0 Å². The molecule has 1 amide bonds. The average Bonchev–Trinajstić information content (AvgIpc) is 3.31. The molecule has 9 heteroatoms. The van der Waals surface area contributed by atoms with Gasteiger partial charge in [-0.1, -0.05) is 26.0 Å². The molecule has 30 heavy (non-hydrogen) atoms. The van der Waals surface area contributed by atoms with E-state index >= 15 is 0 Å². The molecule has 0 radical (unpaired) electrons. The number of carboxylic acids is 1. The quantitative estimate of drug-likeness (QED) is 0.693. The minimum absolute atomic E-state index is 0.0536. The fourth-order valence-electron chi connectivity index (χ4n) is 3.00. The predicted octanol–water partition coefficient (Wildman–Crippen LogP) is 4.31. The molecule has 2 aromatic rings. The van der Waals surface area contributed by atoms with Crippen LogP contribution in [0.25, 0.3) is 17.4 Å². The van der Waals surface area contributed by atoms with E-state index in [2.05, 4.69) is 23.9 Å². The SMILES string of the molecule is CC(C)CC1=NN2C(=N)/C(=C\c3ccc(-c4cccc(C(=O)O)c4)o3)C(=O)N=C2S1. The second-order valence-corrected chi connectivity index (χ2v) is 8.24. The molecule has 0 spiro atoms. The summed E-state index contributed by atoms with van der Waals surface area (Å²) in [6, 6.07) is 9.71. The first-order chi connectivity index (χ1) is 14.3. The molecule has 0 fully saturated rings. The van der Waals surface area contributed by atoms with E-state index in [0.717, 1.165) is 11.5 Å². The van der Waals surface area contributed by atoms with Gasteiger partial charge in [-0.3, -0.25) is 10.2 Å². The molecule has 0 bridgehead atoms. The van der Waals surface area contributed by atoms with Gasteiger partial charge in [-0.25, -0.2) is 4.79 Å². The number of hydrogen-bond acceptors (Lipinski definition) is 6.